The van der Waals surface area contributed by atoms with Crippen LogP contribution in [-0.4, -0.2) is 33.0 Å². The summed E-state index contributed by atoms with van der Waals surface area (Å²) in [6.07, 6.45) is 0.0991. The number of carbonyl (C=O) groups excluding carboxylic acids is 2. The highest BCUT2D eigenvalue weighted by atomic mass is 32.2. The summed E-state index contributed by atoms with van der Waals surface area (Å²) in [7, 11) is -3.75. The van der Waals surface area contributed by atoms with Crippen molar-refractivity contribution in [2.24, 2.45) is 5.14 Å². The highest BCUT2D eigenvalue weighted by Gasteiger charge is 2.22. The average Bonchev–Trinajstić information content (AvgIpc) is 2.83. The second-order valence-corrected chi connectivity index (χ2v) is 9.24. The Morgan fingerprint density at radius 3 is 2.00 bits per heavy atom. The maximum atomic E-state index is 12.9. The molecule has 0 saturated carbocycles. The zero-order chi connectivity index (χ0) is 24.4. The Morgan fingerprint density at radius 2 is 1.41 bits per heavy atom. The van der Waals surface area contributed by atoms with Gasteiger partial charge in [-0.3, -0.25) is 4.79 Å². The van der Waals surface area contributed by atoms with Crippen molar-refractivity contribution >= 4 is 22.0 Å². The fourth-order valence-corrected chi connectivity index (χ4v) is 3.78. The second-order valence-electron chi connectivity index (χ2n) is 7.68. The molecule has 2 amide bonds. The summed E-state index contributed by atoms with van der Waals surface area (Å²) < 4.78 is 28.0. The van der Waals surface area contributed by atoms with Crippen molar-refractivity contribution < 1.29 is 22.7 Å². The van der Waals surface area contributed by atoms with Gasteiger partial charge in [0.1, 0.15) is 12.6 Å². The Kier molecular flexibility index (Phi) is 8.78. The molecule has 3 rings (SSSR count). The molecule has 0 aromatic heterocycles. The number of hydrogen-bond donors (Lipinski definition) is 3. The van der Waals surface area contributed by atoms with Crippen molar-refractivity contribution in [3.63, 3.8) is 0 Å². The molecule has 9 heteroatoms. The van der Waals surface area contributed by atoms with E-state index in [0.717, 1.165) is 16.7 Å². The molecule has 0 bridgehead atoms. The van der Waals surface area contributed by atoms with Gasteiger partial charge in [0.2, 0.25) is 15.9 Å². The Balaban J connectivity index is 1.57. The van der Waals surface area contributed by atoms with Crippen LogP contribution in [0.1, 0.15) is 16.7 Å². The van der Waals surface area contributed by atoms with E-state index < -0.39 is 22.2 Å². The maximum Gasteiger partial charge on any atom is 0.408 e. The van der Waals surface area contributed by atoms with Crippen molar-refractivity contribution in [1.29, 1.82) is 0 Å². The Labute approximate surface area is 199 Å². The van der Waals surface area contributed by atoms with Gasteiger partial charge in [-0.15, -0.1) is 0 Å². The second kappa shape index (κ2) is 12.0. The van der Waals surface area contributed by atoms with Gasteiger partial charge in [-0.2, -0.15) is 0 Å². The van der Waals surface area contributed by atoms with Gasteiger partial charge >= 0.3 is 6.09 Å². The molecular formula is C25H27N3O5S. The zero-order valence-corrected chi connectivity index (χ0v) is 19.3. The van der Waals surface area contributed by atoms with E-state index in [9.17, 15) is 18.0 Å². The minimum absolute atomic E-state index is 0.0291. The maximum absolute atomic E-state index is 12.9. The largest absolute Gasteiger partial charge is 0.445 e. The molecule has 4 N–H and O–H groups in total. The van der Waals surface area contributed by atoms with Crippen LogP contribution in [0.2, 0.25) is 0 Å². The summed E-state index contributed by atoms with van der Waals surface area (Å²) in [5, 5.41) is 10.6. The summed E-state index contributed by atoms with van der Waals surface area (Å²) in [4.78, 5) is 25.2. The topological polar surface area (TPSA) is 128 Å². The van der Waals surface area contributed by atoms with Crippen molar-refractivity contribution in [1.82, 2.24) is 10.6 Å². The van der Waals surface area contributed by atoms with Crippen molar-refractivity contribution in [2.75, 3.05) is 6.54 Å². The molecule has 0 fully saturated rings. The lowest BCUT2D eigenvalue weighted by Gasteiger charge is -2.19. The zero-order valence-electron chi connectivity index (χ0n) is 18.5. The number of alkyl carbamates (subject to hydrolysis) is 1. The molecule has 34 heavy (non-hydrogen) atoms. The van der Waals surface area contributed by atoms with E-state index in [2.05, 4.69) is 10.6 Å². The number of sulfonamides is 1. The normalized spacial score (nSPS) is 11.9. The molecule has 0 aliphatic heterocycles. The molecule has 0 spiro atoms. The number of ether oxygens (including phenoxy) is 1. The van der Waals surface area contributed by atoms with E-state index in [1.165, 1.54) is 12.1 Å². The number of carbonyl (C=O) groups is 2. The monoisotopic (exact) mass is 481 g/mol. The summed E-state index contributed by atoms with van der Waals surface area (Å²) >= 11 is 0. The van der Waals surface area contributed by atoms with E-state index in [-0.39, 0.29) is 17.4 Å². The Bertz CT molecular complexity index is 1180. The minimum Gasteiger partial charge on any atom is -0.445 e. The predicted molar refractivity (Wildman–Crippen MR) is 128 cm³/mol. The van der Waals surface area contributed by atoms with Gasteiger partial charge in [-0.25, -0.2) is 18.4 Å². The molecule has 0 aliphatic rings. The number of rotatable bonds is 10. The first-order valence-corrected chi connectivity index (χ1v) is 12.3. The molecule has 0 aliphatic carbocycles. The molecule has 3 aromatic carbocycles. The van der Waals surface area contributed by atoms with Crippen LogP contribution in [0.15, 0.2) is 89.8 Å². The van der Waals surface area contributed by atoms with Crippen LogP contribution in [0.5, 0.6) is 0 Å². The first-order chi connectivity index (χ1) is 16.3. The predicted octanol–water partition coefficient (Wildman–Crippen LogP) is 2.53. The highest BCUT2D eigenvalue weighted by molar-refractivity contribution is 7.89. The van der Waals surface area contributed by atoms with E-state index in [1.807, 2.05) is 60.7 Å². The van der Waals surface area contributed by atoms with Crippen LogP contribution < -0.4 is 15.8 Å². The van der Waals surface area contributed by atoms with Gasteiger partial charge in [0.15, 0.2) is 0 Å². The van der Waals surface area contributed by atoms with Gasteiger partial charge in [-0.1, -0.05) is 72.8 Å². The van der Waals surface area contributed by atoms with Crippen molar-refractivity contribution in [3.05, 3.63) is 102 Å². The van der Waals surface area contributed by atoms with E-state index in [1.54, 1.807) is 12.1 Å². The first-order valence-electron chi connectivity index (χ1n) is 10.7. The van der Waals surface area contributed by atoms with Gasteiger partial charge in [-0.05, 0) is 35.2 Å². The molecule has 0 radical (unpaired) electrons. The number of primary sulfonamides is 1. The lowest BCUT2D eigenvalue weighted by atomic mass is 10.1. The average molecular weight is 482 g/mol. The van der Waals surface area contributed by atoms with Crippen LogP contribution in [0.3, 0.4) is 0 Å². The number of nitrogens with one attached hydrogen (secondary N) is 2. The van der Waals surface area contributed by atoms with E-state index >= 15 is 0 Å². The van der Waals surface area contributed by atoms with Crippen LogP contribution in [0, 0.1) is 0 Å². The van der Waals surface area contributed by atoms with Crippen LogP contribution >= 0.6 is 0 Å². The summed E-state index contributed by atoms with van der Waals surface area (Å²) in [5.41, 5.74) is 2.57. The number of hydrogen-bond acceptors (Lipinski definition) is 5. The summed E-state index contributed by atoms with van der Waals surface area (Å²) in [6.45, 7) is 0.403. The van der Waals surface area contributed by atoms with Gasteiger partial charge in [0, 0.05) is 13.0 Å². The molecule has 0 heterocycles. The third-order valence-corrected chi connectivity index (χ3v) is 6.00. The van der Waals surface area contributed by atoms with Crippen LogP contribution in [0.4, 0.5) is 4.79 Å². The molecule has 178 valence electrons. The third-order valence-electron chi connectivity index (χ3n) is 5.07. The van der Waals surface area contributed by atoms with Gasteiger partial charge in [0.25, 0.3) is 0 Å². The number of benzene rings is 3. The van der Waals surface area contributed by atoms with Crippen molar-refractivity contribution in [2.45, 2.75) is 30.4 Å². The molecule has 8 nitrogen and oxygen atoms in total. The van der Waals surface area contributed by atoms with Crippen LogP contribution in [-0.2, 0) is 39.0 Å². The van der Waals surface area contributed by atoms with E-state index in [0.29, 0.717) is 19.4 Å². The SMILES string of the molecule is NS(=O)(=O)c1ccc(CCNC(=O)C(Cc2ccccc2)NC(=O)OCc2ccccc2)cc1. The molecule has 1 atom stereocenters. The van der Waals surface area contributed by atoms with Gasteiger partial charge < -0.3 is 15.4 Å². The summed E-state index contributed by atoms with van der Waals surface area (Å²) in [5.74, 6) is -0.346. The van der Waals surface area contributed by atoms with Crippen molar-refractivity contribution in [3.8, 4) is 0 Å². The Morgan fingerprint density at radius 1 is 0.824 bits per heavy atom. The smallest absolute Gasteiger partial charge is 0.408 e. The number of amides is 2. The molecule has 3 aromatic rings. The minimum atomic E-state index is -3.75. The van der Waals surface area contributed by atoms with Crippen LogP contribution in [0.25, 0.3) is 0 Å². The lowest BCUT2D eigenvalue weighted by molar-refractivity contribution is -0.123. The molecule has 1 unspecified atom stereocenters. The molecule has 0 saturated heterocycles. The van der Waals surface area contributed by atoms with E-state index in [4.69, 9.17) is 9.88 Å². The fourth-order valence-electron chi connectivity index (χ4n) is 3.27. The number of nitrogens with two attached hydrogens (primary N) is 1. The fraction of sp³-hybridized carbons (Fsp3) is 0.200. The highest BCUT2D eigenvalue weighted by Crippen LogP contribution is 2.09. The van der Waals surface area contributed by atoms with Gasteiger partial charge in [0.05, 0.1) is 4.90 Å². The standard InChI is InChI=1S/C25H27N3O5S/c26-34(31,32)22-13-11-19(12-14-22)15-16-27-24(29)23(17-20-7-3-1-4-8-20)28-25(30)33-18-21-9-5-2-6-10-21/h1-14,23H,15-18H2,(H,27,29)(H,28,30)(H2,26,31,32). The third kappa shape index (κ3) is 8.02. The molecular weight excluding hydrogens is 454 g/mol. The quantitative estimate of drug-likeness (QED) is 0.410. The summed E-state index contributed by atoms with van der Waals surface area (Å²) in [6, 6.07) is 23.9. The Hall–Kier alpha value is -3.69. The first kappa shape index (κ1) is 24.9. The lowest BCUT2D eigenvalue weighted by Crippen LogP contribution is -2.48.